The van der Waals surface area contributed by atoms with Gasteiger partial charge in [-0.25, -0.2) is 4.79 Å². The first-order valence-electron chi connectivity index (χ1n) is 7.48. The van der Waals surface area contributed by atoms with E-state index in [4.69, 9.17) is 14.2 Å². The first-order chi connectivity index (χ1) is 10.7. The van der Waals surface area contributed by atoms with Crippen LogP contribution in [0.2, 0.25) is 0 Å². The van der Waals surface area contributed by atoms with Gasteiger partial charge in [0, 0.05) is 0 Å². The zero-order chi connectivity index (χ0) is 15.5. The van der Waals surface area contributed by atoms with Gasteiger partial charge in [0.25, 0.3) is 0 Å². The first kappa shape index (κ1) is 14.8. The fraction of sp³-hybridized carbons (Fsp3) is 0.500. The highest BCUT2D eigenvalue weighted by Crippen LogP contribution is 2.43. The number of carbonyl (C=O) groups is 2. The molecule has 2 aliphatic rings. The van der Waals surface area contributed by atoms with Gasteiger partial charge in [-0.3, -0.25) is 4.79 Å². The van der Waals surface area contributed by atoms with Gasteiger partial charge in [0.15, 0.2) is 0 Å². The summed E-state index contributed by atoms with van der Waals surface area (Å²) >= 11 is 0. The standard InChI is InChI=1S/C16H19NO5/c1-2-20-15(18)11-8-12-14(22-12)13(11)17-16(19)21-9-10-6-4-3-5-7-10/h3-7,11-14H,2,8-9H2,1H3,(H,17,19)/t11-,12+,13-,14+/m1/s1. The van der Waals surface area contributed by atoms with E-state index in [-0.39, 0.29) is 36.7 Å². The molecule has 0 aromatic heterocycles. The van der Waals surface area contributed by atoms with Crippen LogP contribution < -0.4 is 5.32 Å². The molecule has 1 aromatic carbocycles. The Bertz CT molecular complexity index is 547. The lowest BCUT2D eigenvalue weighted by Crippen LogP contribution is -2.45. The molecule has 2 fully saturated rings. The average Bonchev–Trinajstić information content (AvgIpc) is 3.22. The number of epoxide rings is 1. The molecule has 4 atom stereocenters. The molecule has 1 N–H and O–H groups in total. The minimum absolute atomic E-state index is 0.0498. The number of carbonyl (C=O) groups excluding carboxylic acids is 2. The molecule has 1 aromatic rings. The van der Waals surface area contributed by atoms with Crippen LogP contribution in [0.1, 0.15) is 18.9 Å². The van der Waals surface area contributed by atoms with E-state index < -0.39 is 6.09 Å². The van der Waals surface area contributed by atoms with Crippen LogP contribution in [0.5, 0.6) is 0 Å². The van der Waals surface area contributed by atoms with Crippen molar-refractivity contribution in [2.45, 2.75) is 38.2 Å². The van der Waals surface area contributed by atoms with Crippen LogP contribution in [-0.4, -0.2) is 36.9 Å². The van der Waals surface area contributed by atoms with Crippen LogP contribution in [-0.2, 0) is 25.6 Å². The quantitative estimate of drug-likeness (QED) is 0.661. The van der Waals surface area contributed by atoms with E-state index in [1.165, 1.54) is 0 Å². The number of hydrogen-bond acceptors (Lipinski definition) is 5. The van der Waals surface area contributed by atoms with Gasteiger partial charge in [-0.1, -0.05) is 30.3 Å². The monoisotopic (exact) mass is 305 g/mol. The van der Waals surface area contributed by atoms with Gasteiger partial charge in [-0.05, 0) is 18.9 Å². The number of hydrogen-bond donors (Lipinski definition) is 1. The maximum absolute atomic E-state index is 11.9. The van der Waals surface area contributed by atoms with Gasteiger partial charge < -0.3 is 19.5 Å². The van der Waals surface area contributed by atoms with Gasteiger partial charge >= 0.3 is 12.1 Å². The summed E-state index contributed by atoms with van der Waals surface area (Å²) in [6.45, 7) is 2.29. The van der Waals surface area contributed by atoms with Crippen molar-refractivity contribution in [3.63, 3.8) is 0 Å². The lowest BCUT2D eigenvalue weighted by Gasteiger charge is -2.21. The van der Waals surface area contributed by atoms with Crippen molar-refractivity contribution >= 4 is 12.1 Å². The second kappa shape index (κ2) is 6.36. The number of alkyl carbamates (subject to hydrolysis) is 1. The summed E-state index contributed by atoms with van der Waals surface area (Å²) in [5.41, 5.74) is 0.909. The Hall–Kier alpha value is -2.08. The number of esters is 1. The Morgan fingerprint density at radius 2 is 2.05 bits per heavy atom. The van der Waals surface area contributed by atoms with E-state index in [9.17, 15) is 9.59 Å². The van der Waals surface area contributed by atoms with Crippen LogP contribution in [0.15, 0.2) is 30.3 Å². The Morgan fingerprint density at radius 3 is 2.77 bits per heavy atom. The molecule has 1 heterocycles. The number of amides is 1. The van der Waals surface area contributed by atoms with E-state index in [1.807, 2.05) is 30.3 Å². The molecule has 22 heavy (non-hydrogen) atoms. The molecule has 0 spiro atoms. The lowest BCUT2D eigenvalue weighted by atomic mass is 10.0. The highest BCUT2D eigenvalue weighted by Gasteiger charge is 2.59. The molecule has 6 heteroatoms. The van der Waals surface area contributed by atoms with Crippen molar-refractivity contribution in [1.82, 2.24) is 5.32 Å². The van der Waals surface area contributed by atoms with Gasteiger partial charge in [-0.2, -0.15) is 0 Å². The summed E-state index contributed by atoms with van der Waals surface area (Å²) in [6.07, 6.45) is -0.000506. The molecule has 0 bridgehead atoms. The maximum atomic E-state index is 11.9. The molecule has 1 saturated heterocycles. The van der Waals surface area contributed by atoms with Gasteiger partial charge in [-0.15, -0.1) is 0 Å². The van der Waals surface area contributed by atoms with E-state index >= 15 is 0 Å². The summed E-state index contributed by atoms with van der Waals surface area (Å²) in [7, 11) is 0. The zero-order valence-electron chi connectivity index (χ0n) is 12.4. The number of nitrogens with one attached hydrogen (secondary N) is 1. The Balaban J connectivity index is 1.52. The molecule has 1 saturated carbocycles. The van der Waals surface area contributed by atoms with Gasteiger partial charge in [0.05, 0.1) is 24.7 Å². The predicted molar refractivity (Wildman–Crippen MR) is 77.0 cm³/mol. The Morgan fingerprint density at radius 1 is 1.27 bits per heavy atom. The fourth-order valence-electron chi connectivity index (χ4n) is 2.86. The third kappa shape index (κ3) is 3.22. The third-order valence-corrected chi connectivity index (χ3v) is 3.98. The van der Waals surface area contributed by atoms with Crippen molar-refractivity contribution in [1.29, 1.82) is 0 Å². The molecular formula is C16H19NO5. The summed E-state index contributed by atoms with van der Waals surface area (Å²) < 4.78 is 15.6. The molecular weight excluding hydrogens is 286 g/mol. The fourth-order valence-corrected chi connectivity index (χ4v) is 2.86. The second-order valence-corrected chi connectivity index (χ2v) is 5.47. The molecule has 0 radical (unpaired) electrons. The van der Waals surface area contributed by atoms with E-state index in [2.05, 4.69) is 5.32 Å². The average molecular weight is 305 g/mol. The summed E-state index contributed by atoms with van der Waals surface area (Å²) in [5.74, 6) is -0.639. The summed E-state index contributed by atoms with van der Waals surface area (Å²) in [5, 5.41) is 2.74. The van der Waals surface area contributed by atoms with Crippen molar-refractivity contribution in [2.75, 3.05) is 6.61 Å². The number of benzene rings is 1. The van der Waals surface area contributed by atoms with Crippen molar-refractivity contribution in [2.24, 2.45) is 5.92 Å². The van der Waals surface area contributed by atoms with Crippen molar-refractivity contribution in [3.8, 4) is 0 Å². The van der Waals surface area contributed by atoms with Crippen LogP contribution in [0.25, 0.3) is 0 Å². The van der Waals surface area contributed by atoms with Crippen LogP contribution in [0.4, 0.5) is 4.79 Å². The highest BCUT2D eigenvalue weighted by atomic mass is 16.6. The molecule has 118 valence electrons. The molecule has 1 amide bonds. The summed E-state index contributed by atoms with van der Waals surface area (Å²) in [4.78, 5) is 23.8. The molecule has 3 rings (SSSR count). The van der Waals surface area contributed by atoms with Gasteiger partial charge in [0.1, 0.15) is 12.7 Å². The second-order valence-electron chi connectivity index (χ2n) is 5.47. The smallest absolute Gasteiger partial charge is 0.407 e. The molecule has 6 nitrogen and oxygen atoms in total. The minimum Gasteiger partial charge on any atom is -0.466 e. The topological polar surface area (TPSA) is 77.2 Å². The van der Waals surface area contributed by atoms with Crippen LogP contribution >= 0.6 is 0 Å². The van der Waals surface area contributed by atoms with E-state index in [0.29, 0.717) is 13.0 Å². The van der Waals surface area contributed by atoms with Crippen molar-refractivity contribution in [3.05, 3.63) is 35.9 Å². The normalized spacial score (nSPS) is 28.6. The third-order valence-electron chi connectivity index (χ3n) is 3.98. The molecule has 1 aliphatic carbocycles. The highest BCUT2D eigenvalue weighted by molar-refractivity contribution is 5.76. The zero-order valence-corrected chi connectivity index (χ0v) is 12.4. The lowest BCUT2D eigenvalue weighted by molar-refractivity contribution is -0.149. The predicted octanol–water partition coefficient (Wildman–Crippen LogP) is 1.63. The number of ether oxygens (including phenoxy) is 3. The minimum atomic E-state index is -0.542. The molecule has 0 unspecified atom stereocenters. The number of rotatable bonds is 5. The van der Waals surface area contributed by atoms with Crippen LogP contribution in [0, 0.1) is 5.92 Å². The summed E-state index contributed by atoms with van der Waals surface area (Å²) in [6, 6.07) is 9.05. The Labute approximate surface area is 128 Å². The van der Waals surface area contributed by atoms with E-state index in [0.717, 1.165) is 5.56 Å². The molecule has 1 aliphatic heterocycles. The maximum Gasteiger partial charge on any atom is 0.407 e. The number of fused-ring (bicyclic) bond motifs is 1. The van der Waals surface area contributed by atoms with E-state index in [1.54, 1.807) is 6.92 Å². The first-order valence-corrected chi connectivity index (χ1v) is 7.48. The SMILES string of the molecule is CCOC(=O)[C@@H]1C[C@@H]2O[C@@H]2[C@@H]1NC(=O)OCc1ccccc1. The van der Waals surface area contributed by atoms with Crippen LogP contribution in [0.3, 0.4) is 0 Å². The van der Waals surface area contributed by atoms with Gasteiger partial charge in [0.2, 0.25) is 0 Å². The largest absolute Gasteiger partial charge is 0.466 e. The Kier molecular flexibility index (Phi) is 4.29. The van der Waals surface area contributed by atoms with Crippen molar-refractivity contribution < 1.29 is 23.8 Å².